The fourth-order valence-electron chi connectivity index (χ4n) is 0.557. The fraction of sp³-hybridized carbons (Fsp3) is 0.286. The predicted octanol–water partition coefficient (Wildman–Crippen LogP) is -0.989. The summed E-state index contributed by atoms with van der Waals surface area (Å²) in [4.78, 5) is 29.1. The molecule has 7 nitrogen and oxygen atoms in total. The van der Waals surface area contributed by atoms with E-state index in [0.29, 0.717) is 12.2 Å². The van der Waals surface area contributed by atoms with Crippen LogP contribution >= 0.6 is 0 Å². The normalized spacial score (nSPS) is 13.9. The van der Waals surface area contributed by atoms with Crippen molar-refractivity contribution >= 4 is 18.0 Å². The van der Waals surface area contributed by atoms with Crippen molar-refractivity contribution in [1.82, 2.24) is 10.6 Å². The first-order chi connectivity index (χ1) is 6.52. The van der Waals surface area contributed by atoms with Crippen LogP contribution in [0.5, 0.6) is 0 Å². The molecule has 0 atom stereocenters. The summed E-state index contributed by atoms with van der Waals surface area (Å²) in [5.41, 5.74) is 0. The second kappa shape index (κ2) is 6.46. The first kappa shape index (κ1) is 11.9. The van der Waals surface area contributed by atoms with E-state index < -0.39 is 11.9 Å². The van der Waals surface area contributed by atoms with Gasteiger partial charge < -0.3 is 20.8 Å². The highest BCUT2D eigenvalue weighted by molar-refractivity contribution is 5.89. The van der Waals surface area contributed by atoms with Gasteiger partial charge in [0.15, 0.2) is 0 Å². The second-order valence-corrected chi connectivity index (χ2v) is 2.19. The molecule has 0 bridgehead atoms. The molecule has 1 fully saturated rings. The van der Waals surface area contributed by atoms with Crippen molar-refractivity contribution in [3.63, 3.8) is 0 Å². The Morgan fingerprint density at radius 3 is 1.57 bits per heavy atom. The van der Waals surface area contributed by atoms with Gasteiger partial charge >= 0.3 is 18.0 Å². The topological polar surface area (TPSA) is 116 Å². The summed E-state index contributed by atoms with van der Waals surface area (Å²) >= 11 is 0. The molecule has 14 heavy (non-hydrogen) atoms. The van der Waals surface area contributed by atoms with E-state index in [4.69, 9.17) is 10.2 Å². The molecule has 0 aliphatic carbocycles. The molecule has 78 valence electrons. The molecule has 1 aliphatic rings. The standard InChI is InChI=1S/C4H4O4.C3H6N2O/c5-3(6)1-2-4(7)8;6-3-4-1-2-5-3/h1-2H,(H,5,6)(H,7,8);1-2H2,(H2,4,5,6)/b2-1-;. The number of amides is 2. The van der Waals surface area contributed by atoms with E-state index in [1.165, 1.54) is 0 Å². The molecular weight excluding hydrogens is 192 g/mol. The minimum Gasteiger partial charge on any atom is -0.478 e. The van der Waals surface area contributed by atoms with Crippen molar-refractivity contribution in [3.05, 3.63) is 12.2 Å². The molecule has 1 rings (SSSR count). The molecule has 1 heterocycles. The Balaban J connectivity index is 0.000000249. The number of carboxylic acid groups (broad SMARTS) is 2. The highest BCUT2D eigenvalue weighted by atomic mass is 16.4. The first-order valence-electron chi connectivity index (χ1n) is 3.68. The van der Waals surface area contributed by atoms with Crippen LogP contribution in [-0.2, 0) is 9.59 Å². The Kier molecular flexibility index (Phi) is 5.52. The van der Waals surface area contributed by atoms with E-state index in [-0.39, 0.29) is 6.03 Å². The summed E-state index contributed by atoms with van der Waals surface area (Å²) < 4.78 is 0. The van der Waals surface area contributed by atoms with E-state index in [0.717, 1.165) is 13.1 Å². The van der Waals surface area contributed by atoms with Crippen LogP contribution < -0.4 is 10.6 Å². The van der Waals surface area contributed by atoms with Gasteiger partial charge in [-0.15, -0.1) is 0 Å². The Morgan fingerprint density at radius 1 is 1.07 bits per heavy atom. The van der Waals surface area contributed by atoms with Gasteiger partial charge in [0.1, 0.15) is 0 Å². The minimum absolute atomic E-state index is 0.0463. The molecule has 0 spiro atoms. The molecule has 0 saturated carbocycles. The first-order valence-corrected chi connectivity index (χ1v) is 3.68. The molecule has 4 N–H and O–H groups in total. The predicted molar refractivity (Wildman–Crippen MR) is 45.8 cm³/mol. The number of nitrogens with one attached hydrogen (secondary N) is 2. The lowest BCUT2D eigenvalue weighted by Gasteiger charge is -1.80. The Bertz CT molecular complexity index is 237. The quantitative estimate of drug-likeness (QED) is 0.429. The fourth-order valence-corrected chi connectivity index (χ4v) is 0.557. The summed E-state index contributed by atoms with van der Waals surface area (Å²) in [6.07, 6.45) is 1.12. The third-order valence-electron chi connectivity index (χ3n) is 1.06. The summed E-state index contributed by atoms with van der Waals surface area (Å²) in [6, 6.07) is -0.0463. The lowest BCUT2D eigenvalue weighted by Crippen LogP contribution is -2.20. The van der Waals surface area contributed by atoms with Crippen LogP contribution in [0.4, 0.5) is 4.79 Å². The highest BCUT2D eigenvalue weighted by Crippen LogP contribution is 1.70. The van der Waals surface area contributed by atoms with Gasteiger partial charge in [-0.2, -0.15) is 0 Å². The maximum absolute atomic E-state index is 10.0. The van der Waals surface area contributed by atoms with Crippen molar-refractivity contribution in [2.75, 3.05) is 13.1 Å². The van der Waals surface area contributed by atoms with Crippen LogP contribution in [0, 0.1) is 0 Å². The molecule has 0 radical (unpaired) electrons. The van der Waals surface area contributed by atoms with Crippen LogP contribution in [0.3, 0.4) is 0 Å². The number of urea groups is 1. The van der Waals surface area contributed by atoms with Crippen LogP contribution in [0.1, 0.15) is 0 Å². The lowest BCUT2D eigenvalue weighted by atomic mass is 10.5. The van der Waals surface area contributed by atoms with Gasteiger partial charge in [0.2, 0.25) is 0 Å². The lowest BCUT2D eigenvalue weighted by molar-refractivity contribution is -0.134. The zero-order valence-electron chi connectivity index (χ0n) is 7.19. The average molecular weight is 202 g/mol. The van der Waals surface area contributed by atoms with Gasteiger partial charge in [-0.05, 0) is 0 Å². The molecule has 2 amide bonds. The maximum Gasteiger partial charge on any atom is 0.328 e. The summed E-state index contributed by atoms with van der Waals surface area (Å²) in [7, 11) is 0. The third kappa shape index (κ3) is 8.05. The van der Waals surface area contributed by atoms with E-state index in [2.05, 4.69) is 10.6 Å². The SMILES string of the molecule is O=C(O)/C=C\C(=O)O.O=C1NCCN1. The van der Waals surface area contributed by atoms with Gasteiger partial charge in [-0.3, -0.25) is 0 Å². The van der Waals surface area contributed by atoms with E-state index in [1.54, 1.807) is 0 Å². The van der Waals surface area contributed by atoms with Crippen molar-refractivity contribution in [2.24, 2.45) is 0 Å². The number of aliphatic carboxylic acids is 2. The zero-order valence-corrected chi connectivity index (χ0v) is 7.19. The Labute approximate surface area is 79.4 Å². The molecular formula is C7H10N2O5. The maximum atomic E-state index is 10.0. The van der Waals surface area contributed by atoms with Crippen molar-refractivity contribution in [2.45, 2.75) is 0 Å². The second-order valence-electron chi connectivity index (χ2n) is 2.19. The smallest absolute Gasteiger partial charge is 0.328 e. The van der Waals surface area contributed by atoms with Gasteiger partial charge in [-0.25, -0.2) is 14.4 Å². The number of carbonyl (C=O) groups is 3. The molecule has 7 heteroatoms. The number of hydrogen-bond acceptors (Lipinski definition) is 3. The van der Waals surface area contributed by atoms with Gasteiger partial charge in [0, 0.05) is 25.2 Å². The van der Waals surface area contributed by atoms with E-state index in [1.807, 2.05) is 0 Å². The summed E-state index contributed by atoms with van der Waals surface area (Å²) in [6.45, 7) is 1.55. The van der Waals surface area contributed by atoms with Crippen LogP contribution in [0.25, 0.3) is 0 Å². The van der Waals surface area contributed by atoms with Gasteiger partial charge in [-0.1, -0.05) is 0 Å². The number of hydrogen-bond donors (Lipinski definition) is 4. The third-order valence-corrected chi connectivity index (χ3v) is 1.06. The van der Waals surface area contributed by atoms with Crippen LogP contribution in [0.15, 0.2) is 12.2 Å². The number of rotatable bonds is 2. The molecule has 0 aromatic carbocycles. The van der Waals surface area contributed by atoms with Crippen molar-refractivity contribution in [3.8, 4) is 0 Å². The minimum atomic E-state index is -1.26. The number of carbonyl (C=O) groups excluding carboxylic acids is 1. The molecule has 0 aromatic heterocycles. The number of carboxylic acids is 2. The van der Waals surface area contributed by atoms with Crippen molar-refractivity contribution in [1.29, 1.82) is 0 Å². The van der Waals surface area contributed by atoms with Crippen LogP contribution in [-0.4, -0.2) is 41.3 Å². The van der Waals surface area contributed by atoms with Gasteiger partial charge in [0.25, 0.3) is 0 Å². The van der Waals surface area contributed by atoms with E-state index in [9.17, 15) is 14.4 Å². The highest BCUT2D eigenvalue weighted by Gasteiger charge is 2.03. The largest absolute Gasteiger partial charge is 0.478 e. The van der Waals surface area contributed by atoms with E-state index >= 15 is 0 Å². The Morgan fingerprint density at radius 2 is 1.43 bits per heavy atom. The van der Waals surface area contributed by atoms with Gasteiger partial charge in [0.05, 0.1) is 0 Å². The molecule has 0 unspecified atom stereocenters. The summed E-state index contributed by atoms with van der Waals surface area (Å²) in [5.74, 6) is -2.51. The Hall–Kier alpha value is -2.05. The molecule has 1 aliphatic heterocycles. The average Bonchev–Trinajstić information content (AvgIpc) is 2.53. The zero-order chi connectivity index (χ0) is 11.0. The molecule has 0 aromatic rings. The van der Waals surface area contributed by atoms with Crippen molar-refractivity contribution < 1.29 is 24.6 Å². The molecule has 1 saturated heterocycles. The monoisotopic (exact) mass is 202 g/mol. The summed E-state index contributed by atoms with van der Waals surface area (Å²) in [5, 5.41) is 20.8. The van der Waals surface area contributed by atoms with Crippen LogP contribution in [0.2, 0.25) is 0 Å².